The monoisotopic (exact) mass is 390 g/mol. The van der Waals surface area contributed by atoms with E-state index in [-0.39, 0.29) is 17.4 Å². The van der Waals surface area contributed by atoms with Crippen LogP contribution in [-0.2, 0) is 26.0 Å². The van der Waals surface area contributed by atoms with Crippen molar-refractivity contribution in [1.29, 1.82) is 0 Å². The van der Waals surface area contributed by atoms with Crippen LogP contribution in [0.4, 0.5) is 5.69 Å². The van der Waals surface area contributed by atoms with Gasteiger partial charge in [-0.3, -0.25) is 4.79 Å². The van der Waals surface area contributed by atoms with Gasteiger partial charge < -0.3 is 14.4 Å². The zero-order valence-electron chi connectivity index (χ0n) is 15.1. The maximum atomic E-state index is 12.4. The quantitative estimate of drug-likeness (QED) is 0.776. The average molecular weight is 390 g/mol. The van der Waals surface area contributed by atoms with Crippen LogP contribution in [-0.4, -0.2) is 47.7 Å². The van der Waals surface area contributed by atoms with Crippen LogP contribution in [0.3, 0.4) is 0 Å². The Morgan fingerprint density at radius 3 is 2.44 bits per heavy atom. The number of nitrogens with zero attached hydrogens (tertiary/aromatic N) is 1. The van der Waals surface area contributed by atoms with Gasteiger partial charge in [-0.15, -0.1) is 0 Å². The molecule has 0 radical (unpaired) electrons. The lowest BCUT2D eigenvalue weighted by molar-refractivity contribution is -0.125. The molecular weight excluding hydrogens is 368 g/mol. The van der Waals surface area contributed by atoms with Crippen LogP contribution < -0.4 is 14.4 Å². The molecule has 0 saturated carbocycles. The van der Waals surface area contributed by atoms with Gasteiger partial charge in [0.15, 0.2) is 0 Å². The number of rotatable bonds is 7. The van der Waals surface area contributed by atoms with Crippen molar-refractivity contribution in [1.82, 2.24) is 4.72 Å². The van der Waals surface area contributed by atoms with Gasteiger partial charge in [0.05, 0.1) is 18.6 Å². The Morgan fingerprint density at radius 2 is 1.81 bits per heavy atom. The van der Waals surface area contributed by atoms with Gasteiger partial charge in [0, 0.05) is 18.8 Å². The molecule has 144 valence electrons. The Balaban J connectivity index is 1.59. The molecule has 27 heavy (non-hydrogen) atoms. The Hall–Kier alpha value is -2.42. The van der Waals surface area contributed by atoms with E-state index in [0.29, 0.717) is 31.8 Å². The summed E-state index contributed by atoms with van der Waals surface area (Å²) in [5.74, 6) is 0.632. The topological polar surface area (TPSA) is 84.9 Å². The van der Waals surface area contributed by atoms with E-state index in [1.165, 1.54) is 12.1 Å². The second-order valence-electron chi connectivity index (χ2n) is 6.09. The van der Waals surface area contributed by atoms with Gasteiger partial charge in [-0.2, -0.15) is 0 Å². The number of anilines is 1. The first kappa shape index (κ1) is 19.3. The number of methoxy groups -OCH3 is 1. The van der Waals surface area contributed by atoms with E-state index < -0.39 is 10.0 Å². The van der Waals surface area contributed by atoms with Crippen molar-refractivity contribution >= 4 is 21.6 Å². The van der Waals surface area contributed by atoms with Crippen LogP contribution in [0, 0.1) is 0 Å². The van der Waals surface area contributed by atoms with Gasteiger partial charge in [-0.25, -0.2) is 13.1 Å². The summed E-state index contributed by atoms with van der Waals surface area (Å²) in [7, 11) is -2.01. The summed E-state index contributed by atoms with van der Waals surface area (Å²) in [6.45, 7) is 1.27. The van der Waals surface area contributed by atoms with Crippen molar-refractivity contribution in [2.75, 3.05) is 38.3 Å². The fraction of sp³-hybridized carbons (Fsp3) is 0.316. The maximum Gasteiger partial charge on any atom is 0.253 e. The molecule has 0 aromatic heterocycles. The zero-order valence-corrected chi connectivity index (χ0v) is 15.9. The van der Waals surface area contributed by atoms with Crippen LogP contribution in [0.25, 0.3) is 0 Å². The van der Waals surface area contributed by atoms with Crippen molar-refractivity contribution in [2.45, 2.75) is 11.3 Å². The van der Waals surface area contributed by atoms with Gasteiger partial charge >= 0.3 is 0 Å². The first-order valence-corrected chi connectivity index (χ1v) is 10.1. The van der Waals surface area contributed by atoms with E-state index in [0.717, 1.165) is 11.3 Å². The fourth-order valence-electron chi connectivity index (χ4n) is 2.80. The predicted octanol–water partition coefficient (Wildman–Crippen LogP) is 1.58. The number of ether oxygens (including phenoxy) is 2. The average Bonchev–Trinajstić information content (AvgIpc) is 2.69. The molecule has 1 heterocycles. The normalized spacial score (nSPS) is 15.0. The summed E-state index contributed by atoms with van der Waals surface area (Å²) < 4.78 is 37.7. The Morgan fingerprint density at radius 1 is 1.11 bits per heavy atom. The third kappa shape index (κ3) is 4.85. The van der Waals surface area contributed by atoms with E-state index in [2.05, 4.69) is 4.72 Å². The molecule has 1 fully saturated rings. The number of amides is 1. The number of nitrogens with one attached hydrogen (secondary N) is 1. The summed E-state index contributed by atoms with van der Waals surface area (Å²) in [5, 5.41) is 0. The molecule has 1 amide bonds. The van der Waals surface area contributed by atoms with Crippen LogP contribution in [0.2, 0.25) is 0 Å². The van der Waals surface area contributed by atoms with Gasteiger partial charge in [-0.1, -0.05) is 12.1 Å². The molecule has 1 aliphatic rings. The maximum absolute atomic E-state index is 12.4. The third-order valence-corrected chi connectivity index (χ3v) is 5.79. The van der Waals surface area contributed by atoms with Gasteiger partial charge in [0.1, 0.15) is 12.4 Å². The van der Waals surface area contributed by atoms with Gasteiger partial charge in [0.2, 0.25) is 10.0 Å². The number of hydrogen-bond donors (Lipinski definition) is 1. The third-order valence-electron chi connectivity index (χ3n) is 4.31. The zero-order chi connectivity index (χ0) is 19.3. The molecule has 7 nitrogen and oxygen atoms in total. The number of carbonyl (C=O) groups is 1. The molecule has 0 unspecified atom stereocenters. The van der Waals surface area contributed by atoms with E-state index in [4.69, 9.17) is 9.47 Å². The van der Waals surface area contributed by atoms with Crippen LogP contribution in [0.5, 0.6) is 5.75 Å². The minimum absolute atomic E-state index is 0.0486. The first-order valence-electron chi connectivity index (χ1n) is 8.60. The Labute approximate surface area is 158 Å². The molecule has 0 bridgehead atoms. The lowest BCUT2D eigenvalue weighted by Crippen LogP contribution is -2.41. The van der Waals surface area contributed by atoms with Gasteiger partial charge in [0.25, 0.3) is 5.91 Å². The highest BCUT2D eigenvalue weighted by atomic mass is 32.2. The second kappa shape index (κ2) is 8.51. The fourth-order valence-corrected chi connectivity index (χ4v) is 3.83. The molecule has 1 saturated heterocycles. The number of sulfonamides is 1. The molecule has 0 spiro atoms. The van der Waals surface area contributed by atoms with Crippen molar-refractivity contribution < 1.29 is 22.7 Å². The SMILES string of the molecule is COc1ccc(CCNS(=O)(=O)c2ccc(N3CCOCC3=O)cc2)cc1. The molecule has 0 atom stereocenters. The number of carbonyl (C=O) groups excluding carboxylic acids is 1. The van der Waals surface area contributed by atoms with E-state index in [1.807, 2.05) is 24.3 Å². The summed E-state index contributed by atoms with van der Waals surface area (Å²) in [6, 6.07) is 13.8. The largest absolute Gasteiger partial charge is 0.497 e. The molecule has 0 aliphatic carbocycles. The molecule has 2 aromatic carbocycles. The van der Waals surface area contributed by atoms with E-state index in [9.17, 15) is 13.2 Å². The lowest BCUT2D eigenvalue weighted by atomic mass is 10.1. The number of benzene rings is 2. The first-order chi connectivity index (χ1) is 13.0. The van der Waals surface area contributed by atoms with Crippen molar-refractivity contribution in [3.05, 3.63) is 54.1 Å². The smallest absolute Gasteiger partial charge is 0.253 e. The van der Waals surface area contributed by atoms with Crippen LogP contribution >= 0.6 is 0 Å². The summed E-state index contributed by atoms with van der Waals surface area (Å²) in [5.41, 5.74) is 1.68. The van der Waals surface area contributed by atoms with Crippen molar-refractivity contribution in [3.8, 4) is 5.75 Å². The molecular formula is C19H22N2O5S. The van der Waals surface area contributed by atoms with Crippen molar-refractivity contribution in [2.24, 2.45) is 0 Å². The molecule has 1 N–H and O–H groups in total. The summed E-state index contributed by atoms with van der Waals surface area (Å²) in [6.07, 6.45) is 0.573. The summed E-state index contributed by atoms with van der Waals surface area (Å²) in [4.78, 5) is 13.6. The minimum atomic E-state index is -3.61. The Bertz CT molecular complexity index is 879. The molecule has 8 heteroatoms. The molecule has 3 rings (SSSR count). The minimum Gasteiger partial charge on any atom is -0.497 e. The van der Waals surface area contributed by atoms with E-state index >= 15 is 0 Å². The molecule has 2 aromatic rings. The summed E-state index contributed by atoms with van der Waals surface area (Å²) >= 11 is 0. The highest BCUT2D eigenvalue weighted by Crippen LogP contribution is 2.19. The van der Waals surface area contributed by atoms with Crippen molar-refractivity contribution in [3.63, 3.8) is 0 Å². The Kier molecular flexibility index (Phi) is 6.10. The number of morpholine rings is 1. The van der Waals surface area contributed by atoms with Crippen LogP contribution in [0.1, 0.15) is 5.56 Å². The number of hydrogen-bond acceptors (Lipinski definition) is 5. The second-order valence-corrected chi connectivity index (χ2v) is 7.85. The van der Waals surface area contributed by atoms with Crippen LogP contribution in [0.15, 0.2) is 53.4 Å². The van der Waals surface area contributed by atoms with E-state index in [1.54, 1.807) is 24.1 Å². The highest BCUT2D eigenvalue weighted by Gasteiger charge is 2.21. The van der Waals surface area contributed by atoms with Gasteiger partial charge in [-0.05, 0) is 48.4 Å². The molecule has 1 aliphatic heterocycles. The standard InChI is InChI=1S/C19H22N2O5S/c1-25-17-6-2-15(3-7-17)10-11-20-27(23,24)18-8-4-16(5-9-18)21-12-13-26-14-19(21)22/h2-9,20H,10-14H2,1H3. The lowest BCUT2D eigenvalue weighted by Gasteiger charge is -2.26. The highest BCUT2D eigenvalue weighted by molar-refractivity contribution is 7.89. The predicted molar refractivity (Wildman–Crippen MR) is 102 cm³/mol.